The zero-order valence-electron chi connectivity index (χ0n) is 9.34. The van der Waals surface area contributed by atoms with Crippen molar-refractivity contribution in [1.29, 1.82) is 0 Å². The van der Waals surface area contributed by atoms with Gasteiger partial charge in [-0.05, 0) is 30.7 Å². The summed E-state index contributed by atoms with van der Waals surface area (Å²) in [6.45, 7) is 2.06. The number of aryl methyl sites for hydroxylation is 1. The molecule has 2 rings (SSSR count). The van der Waals surface area contributed by atoms with Crippen LogP contribution < -0.4 is 4.72 Å². The minimum absolute atomic E-state index is 0.205. The first-order valence-corrected chi connectivity index (χ1v) is 6.61. The lowest BCUT2D eigenvalue weighted by molar-refractivity contribution is 0.580. The van der Waals surface area contributed by atoms with Crippen molar-refractivity contribution in [3.8, 4) is 0 Å². The van der Waals surface area contributed by atoms with Crippen molar-refractivity contribution >= 4 is 10.0 Å². The molecule has 0 aliphatic rings. The summed E-state index contributed by atoms with van der Waals surface area (Å²) in [6.07, 6.45) is 1.58. The zero-order valence-corrected chi connectivity index (χ0v) is 10.2. The molecular formula is C11H13N3O2S. The summed E-state index contributed by atoms with van der Waals surface area (Å²) >= 11 is 0. The van der Waals surface area contributed by atoms with Gasteiger partial charge in [-0.1, -0.05) is 12.1 Å². The fraction of sp³-hybridized carbons (Fsp3) is 0.182. The predicted octanol–water partition coefficient (Wildman–Crippen LogP) is 1.20. The first-order valence-electron chi connectivity index (χ1n) is 5.12. The third kappa shape index (κ3) is 2.92. The molecular weight excluding hydrogens is 238 g/mol. The average Bonchev–Trinajstić information content (AvgIpc) is 2.79. The van der Waals surface area contributed by atoms with Crippen LogP contribution in [0, 0.1) is 6.92 Å². The van der Waals surface area contributed by atoms with E-state index in [1.165, 1.54) is 0 Å². The summed E-state index contributed by atoms with van der Waals surface area (Å²) in [4.78, 5) is 0.275. The van der Waals surface area contributed by atoms with Crippen molar-refractivity contribution in [1.82, 2.24) is 14.9 Å². The van der Waals surface area contributed by atoms with E-state index < -0.39 is 10.0 Å². The zero-order chi connectivity index (χ0) is 12.3. The number of hydrogen-bond donors (Lipinski definition) is 2. The van der Waals surface area contributed by atoms with Gasteiger partial charge in [0.25, 0.3) is 0 Å². The maximum absolute atomic E-state index is 11.9. The van der Waals surface area contributed by atoms with Gasteiger partial charge >= 0.3 is 0 Å². The molecule has 0 aliphatic heterocycles. The van der Waals surface area contributed by atoms with Gasteiger partial charge in [0, 0.05) is 6.20 Å². The largest absolute Gasteiger partial charge is 0.281 e. The highest BCUT2D eigenvalue weighted by Crippen LogP contribution is 2.10. The minimum Gasteiger partial charge on any atom is -0.281 e. The summed E-state index contributed by atoms with van der Waals surface area (Å²) in [5.74, 6) is 0. The molecule has 0 fully saturated rings. The van der Waals surface area contributed by atoms with Crippen molar-refractivity contribution < 1.29 is 8.42 Å². The molecule has 0 spiro atoms. The summed E-state index contributed by atoms with van der Waals surface area (Å²) in [5, 5.41) is 6.45. The summed E-state index contributed by atoms with van der Waals surface area (Å²) in [7, 11) is -3.46. The van der Waals surface area contributed by atoms with Crippen molar-refractivity contribution in [3.63, 3.8) is 0 Å². The molecule has 0 aliphatic carbocycles. The van der Waals surface area contributed by atoms with Crippen LogP contribution in [0.3, 0.4) is 0 Å². The fourth-order valence-electron chi connectivity index (χ4n) is 1.42. The van der Waals surface area contributed by atoms with Gasteiger partial charge in [0.15, 0.2) is 0 Å². The molecule has 0 radical (unpaired) electrons. The highest BCUT2D eigenvalue weighted by Gasteiger charge is 2.13. The standard InChI is InChI=1S/C11H13N3O2S/c1-9-3-2-4-11(7-9)17(15,16)13-8-10-5-6-12-14-10/h2-7,13H,8H2,1H3,(H,12,14). The van der Waals surface area contributed by atoms with Crippen LogP contribution in [-0.4, -0.2) is 18.6 Å². The quantitative estimate of drug-likeness (QED) is 0.857. The number of aromatic nitrogens is 2. The van der Waals surface area contributed by atoms with Gasteiger partial charge in [-0.3, -0.25) is 5.10 Å². The van der Waals surface area contributed by atoms with Crippen molar-refractivity contribution in [2.45, 2.75) is 18.4 Å². The number of nitrogens with zero attached hydrogens (tertiary/aromatic N) is 1. The van der Waals surface area contributed by atoms with Crippen molar-refractivity contribution in [2.24, 2.45) is 0 Å². The molecule has 0 saturated carbocycles. The van der Waals surface area contributed by atoms with Crippen LogP contribution in [0.4, 0.5) is 0 Å². The van der Waals surface area contributed by atoms with Crippen molar-refractivity contribution in [2.75, 3.05) is 0 Å². The molecule has 90 valence electrons. The first-order chi connectivity index (χ1) is 8.08. The second-order valence-electron chi connectivity index (χ2n) is 3.72. The molecule has 0 unspecified atom stereocenters. The number of benzene rings is 1. The van der Waals surface area contributed by atoms with E-state index in [4.69, 9.17) is 0 Å². The molecule has 2 aromatic rings. The normalized spacial score (nSPS) is 11.6. The SMILES string of the molecule is Cc1cccc(S(=O)(=O)NCc2ccn[nH]2)c1. The van der Waals surface area contributed by atoms with E-state index in [1.54, 1.807) is 30.5 Å². The van der Waals surface area contributed by atoms with Crippen molar-refractivity contribution in [3.05, 3.63) is 47.8 Å². The Morgan fingerprint density at radius 2 is 2.18 bits per heavy atom. The van der Waals surface area contributed by atoms with Crippen LogP contribution >= 0.6 is 0 Å². The van der Waals surface area contributed by atoms with Gasteiger partial charge in [0.05, 0.1) is 17.1 Å². The lowest BCUT2D eigenvalue weighted by Gasteiger charge is -2.06. The van der Waals surface area contributed by atoms with Crippen LogP contribution in [0.2, 0.25) is 0 Å². The van der Waals surface area contributed by atoms with Crippen LogP contribution in [0.25, 0.3) is 0 Å². The number of H-pyrrole nitrogens is 1. The van der Waals surface area contributed by atoms with Gasteiger partial charge in [0.2, 0.25) is 10.0 Å². The van der Waals surface area contributed by atoms with Gasteiger partial charge in [-0.15, -0.1) is 0 Å². The Labute approximate surface area is 99.9 Å². The highest BCUT2D eigenvalue weighted by molar-refractivity contribution is 7.89. The number of rotatable bonds is 4. The van der Waals surface area contributed by atoms with Crippen LogP contribution in [0.5, 0.6) is 0 Å². The molecule has 0 atom stereocenters. The maximum atomic E-state index is 11.9. The molecule has 17 heavy (non-hydrogen) atoms. The Bertz CT molecular complexity index is 591. The Morgan fingerprint density at radius 3 is 2.82 bits per heavy atom. The van der Waals surface area contributed by atoms with Gasteiger partial charge in [0.1, 0.15) is 0 Å². The molecule has 1 aromatic heterocycles. The average molecular weight is 251 g/mol. The fourth-order valence-corrected chi connectivity index (χ4v) is 2.53. The van der Waals surface area contributed by atoms with E-state index in [0.717, 1.165) is 11.3 Å². The Hall–Kier alpha value is -1.66. The number of aromatic amines is 1. The third-order valence-electron chi connectivity index (χ3n) is 2.31. The van der Waals surface area contributed by atoms with Crippen LogP contribution in [0.15, 0.2) is 41.4 Å². The van der Waals surface area contributed by atoms with E-state index in [2.05, 4.69) is 14.9 Å². The summed E-state index contributed by atoms with van der Waals surface area (Å²) in [6, 6.07) is 8.50. The summed E-state index contributed by atoms with van der Waals surface area (Å²) in [5.41, 5.74) is 1.63. The molecule has 6 heteroatoms. The molecule has 0 amide bonds. The van der Waals surface area contributed by atoms with E-state index in [1.807, 2.05) is 13.0 Å². The topological polar surface area (TPSA) is 74.8 Å². The molecule has 1 aromatic carbocycles. The molecule has 2 N–H and O–H groups in total. The Kier molecular flexibility index (Phi) is 3.26. The number of sulfonamides is 1. The lowest BCUT2D eigenvalue weighted by Crippen LogP contribution is -2.23. The molecule has 0 saturated heterocycles. The second kappa shape index (κ2) is 4.68. The number of hydrogen-bond acceptors (Lipinski definition) is 3. The lowest BCUT2D eigenvalue weighted by atomic mass is 10.2. The third-order valence-corrected chi connectivity index (χ3v) is 3.71. The molecule has 0 bridgehead atoms. The number of nitrogens with one attached hydrogen (secondary N) is 2. The molecule has 5 nitrogen and oxygen atoms in total. The molecule has 1 heterocycles. The smallest absolute Gasteiger partial charge is 0.240 e. The monoisotopic (exact) mass is 251 g/mol. The van der Waals surface area contributed by atoms with E-state index in [-0.39, 0.29) is 11.4 Å². The van der Waals surface area contributed by atoms with Gasteiger partial charge in [-0.25, -0.2) is 13.1 Å². The van der Waals surface area contributed by atoms with E-state index >= 15 is 0 Å². The Morgan fingerprint density at radius 1 is 1.35 bits per heavy atom. The van der Waals surface area contributed by atoms with E-state index in [9.17, 15) is 8.42 Å². The highest BCUT2D eigenvalue weighted by atomic mass is 32.2. The predicted molar refractivity (Wildman–Crippen MR) is 63.8 cm³/mol. The van der Waals surface area contributed by atoms with E-state index in [0.29, 0.717) is 0 Å². The van der Waals surface area contributed by atoms with Crippen LogP contribution in [-0.2, 0) is 16.6 Å². The maximum Gasteiger partial charge on any atom is 0.240 e. The van der Waals surface area contributed by atoms with Gasteiger partial charge in [-0.2, -0.15) is 5.10 Å². The van der Waals surface area contributed by atoms with Crippen LogP contribution in [0.1, 0.15) is 11.3 Å². The Balaban J connectivity index is 2.14. The first kappa shape index (κ1) is 11.8. The minimum atomic E-state index is -3.46. The van der Waals surface area contributed by atoms with Gasteiger partial charge < -0.3 is 0 Å². The summed E-state index contributed by atoms with van der Waals surface area (Å²) < 4.78 is 26.4. The second-order valence-corrected chi connectivity index (χ2v) is 5.49.